The average molecular weight is 255 g/mol. The second-order valence-electron chi connectivity index (χ2n) is 3.93. The lowest BCUT2D eigenvalue weighted by atomic mass is 10.2. The summed E-state index contributed by atoms with van der Waals surface area (Å²) in [6.07, 6.45) is 1.29. The molecule has 0 aliphatic heterocycles. The van der Waals surface area contributed by atoms with Gasteiger partial charge in [0.1, 0.15) is 17.6 Å². The molecule has 0 fully saturated rings. The number of benzene rings is 1. The molecule has 5 heteroatoms. The Morgan fingerprint density at radius 3 is 2.74 bits per heavy atom. The standard InChI is InChI=1S/C14H10FN3O/c1-9-3-2-4-11(15)13(9)18-14(19)12-6-5-10(7-16)8-17-12/h2-6,8H,1H3,(H,18,19). The van der Waals surface area contributed by atoms with Crippen LogP contribution in [0.5, 0.6) is 0 Å². The first-order valence-electron chi connectivity index (χ1n) is 5.54. The van der Waals surface area contributed by atoms with E-state index < -0.39 is 11.7 Å². The quantitative estimate of drug-likeness (QED) is 0.897. The highest BCUT2D eigenvalue weighted by Crippen LogP contribution is 2.19. The Morgan fingerprint density at radius 1 is 1.37 bits per heavy atom. The highest BCUT2D eigenvalue weighted by atomic mass is 19.1. The van der Waals surface area contributed by atoms with E-state index >= 15 is 0 Å². The lowest BCUT2D eigenvalue weighted by molar-refractivity contribution is 0.102. The number of halogens is 1. The van der Waals surface area contributed by atoms with Gasteiger partial charge >= 0.3 is 0 Å². The van der Waals surface area contributed by atoms with Gasteiger partial charge in [-0.2, -0.15) is 5.26 Å². The van der Waals surface area contributed by atoms with Crippen molar-refractivity contribution in [2.75, 3.05) is 5.32 Å². The lowest BCUT2D eigenvalue weighted by Crippen LogP contribution is -2.15. The third kappa shape index (κ3) is 2.75. The summed E-state index contributed by atoms with van der Waals surface area (Å²) in [4.78, 5) is 15.7. The molecule has 0 saturated heterocycles. The summed E-state index contributed by atoms with van der Waals surface area (Å²) in [6.45, 7) is 1.70. The number of amides is 1. The number of rotatable bonds is 2. The van der Waals surface area contributed by atoms with Gasteiger partial charge in [-0.25, -0.2) is 9.37 Å². The first-order valence-corrected chi connectivity index (χ1v) is 5.54. The average Bonchev–Trinajstić information content (AvgIpc) is 2.43. The van der Waals surface area contributed by atoms with Gasteiger partial charge in [0.25, 0.3) is 5.91 Å². The molecule has 1 heterocycles. The molecule has 0 bridgehead atoms. The Labute approximate surface area is 109 Å². The maximum Gasteiger partial charge on any atom is 0.274 e. The Balaban J connectivity index is 2.23. The van der Waals surface area contributed by atoms with Gasteiger partial charge in [-0.3, -0.25) is 4.79 Å². The first-order chi connectivity index (χ1) is 9.11. The van der Waals surface area contributed by atoms with E-state index in [2.05, 4.69) is 10.3 Å². The highest BCUT2D eigenvalue weighted by molar-refractivity contribution is 6.03. The molecule has 1 amide bonds. The number of anilines is 1. The Kier molecular flexibility index (Phi) is 3.53. The molecule has 1 aromatic carbocycles. The number of aromatic nitrogens is 1. The van der Waals surface area contributed by atoms with Gasteiger partial charge in [0.05, 0.1) is 11.3 Å². The number of carbonyl (C=O) groups is 1. The van der Waals surface area contributed by atoms with Crippen molar-refractivity contribution in [3.05, 3.63) is 59.2 Å². The van der Waals surface area contributed by atoms with E-state index in [-0.39, 0.29) is 11.4 Å². The van der Waals surface area contributed by atoms with Crippen molar-refractivity contribution in [1.82, 2.24) is 4.98 Å². The van der Waals surface area contributed by atoms with Crippen molar-refractivity contribution in [2.24, 2.45) is 0 Å². The van der Waals surface area contributed by atoms with Crippen molar-refractivity contribution < 1.29 is 9.18 Å². The van der Waals surface area contributed by atoms with Crippen LogP contribution >= 0.6 is 0 Å². The zero-order valence-electron chi connectivity index (χ0n) is 10.1. The Morgan fingerprint density at radius 2 is 2.16 bits per heavy atom. The third-order valence-corrected chi connectivity index (χ3v) is 2.59. The molecule has 1 aromatic heterocycles. The Bertz CT molecular complexity index is 639. The van der Waals surface area contributed by atoms with Crippen LogP contribution in [0.2, 0.25) is 0 Å². The zero-order valence-corrected chi connectivity index (χ0v) is 10.1. The van der Waals surface area contributed by atoms with Gasteiger partial charge in [-0.1, -0.05) is 12.1 Å². The van der Waals surface area contributed by atoms with Gasteiger partial charge in [0, 0.05) is 6.20 Å². The number of nitrogens with one attached hydrogen (secondary N) is 1. The predicted octanol–water partition coefficient (Wildman–Crippen LogP) is 2.65. The first kappa shape index (κ1) is 12.7. The summed E-state index contributed by atoms with van der Waals surface area (Å²) in [6, 6.07) is 9.35. The fourth-order valence-electron chi connectivity index (χ4n) is 1.56. The van der Waals surface area contributed by atoms with Crippen LogP contribution in [-0.2, 0) is 0 Å². The van der Waals surface area contributed by atoms with Crippen molar-refractivity contribution in [3.8, 4) is 6.07 Å². The molecule has 1 N–H and O–H groups in total. The molecule has 0 atom stereocenters. The van der Waals surface area contributed by atoms with Crippen LogP contribution in [-0.4, -0.2) is 10.9 Å². The van der Waals surface area contributed by atoms with Gasteiger partial charge < -0.3 is 5.32 Å². The summed E-state index contributed by atoms with van der Waals surface area (Å²) < 4.78 is 13.6. The summed E-state index contributed by atoms with van der Waals surface area (Å²) in [7, 11) is 0. The van der Waals surface area contributed by atoms with Gasteiger partial charge in [-0.15, -0.1) is 0 Å². The third-order valence-electron chi connectivity index (χ3n) is 2.59. The van der Waals surface area contributed by atoms with Crippen LogP contribution in [0.25, 0.3) is 0 Å². The molecule has 0 saturated carbocycles. The number of carbonyl (C=O) groups excluding carboxylic acids is 1. The van der Waals surface area contributed by atoms with Crippen molar-refractivity contribution in [1.29, 1.82) is 5.26 Å². The monoisotopic (exact) mass is 255 g/mol. The molecule has 0 radical (unpaired) electrons. The molecule has 19 heavy (non-hydrogen) atoms. The largest absolute Gasteiger partial charge is 0.318 e. The smallest absolute Gasteiger partial charge is 0.274 e. The van der Waals surface area contributed by atoms with Crippen molar-refractivity contribution >= 4 is 11.6 Å². The van der Waals surface area contributed by atoms with Crippen LogP contribution < -0.4 is 5.32 Å². The van der Waals surface area contributed by atoms with Crippen LogP contribution in [0.1, 0.15) is 21.6 Å². The molecule has 2 rings (SSSR count). The number of aryl methyl sites for hydroxylation is 1. The minimum absolute atomic E-state index is 0.127. The molecule has 0 aliphatic rings. The molecular weight excluding hydrogens is 245 g/mol. The van der Waals surface area contributed by atoms with Gasteiger partial charge in [-0.05, 0) is 30.7 Å². The SMILES string of the molecule is Cc1cccc(F)c1NC(=O)c1ccc(C#N)cn1. The maximum absolute atomic E-state index is 13.6. The number of nitriles is 1. The van der Waals surface area contributed by atoms with E-state index in [1.807, 2.05) is 6.07 Å². The molecule has 2 aromatic rings. The summed E-state index contributed by atoms with van der Waals surface area (Å²) >= 11 is 0. The predicted molar refractivity (Wildman–Crippen MR) is 68.0 cm³/mol. The molecular formula is C14H10FN3O. The van der Waals surface area contributed by atoms with Crippen molar-refractivity contribution in [2.45, 2.75) is 6.92 Å². The second kappa shape index (κ2) is 5.27. The van der Waals surface area contributed by atoms with E-state index in [1.165, 1.54) is 24.4 Å². The number of para-hydroxylation sites is 1. The molecule has 0 spiro atoms. The number of pyridine rings is 1. The minimum atomic E-state index is -0.516. The molecule has 4 nitrogen and oxygen atoms in total. The van der Waals surface area contributed by atoms with Crippen LogP contribution in [0.3, 0.4) is 0 Å². The number of hydrogen-bond acceptors (Lipinski definition) is 3. The van der Waals surface area contributed by atoms with E-state index in [0.29, 0.717) is 11.1 Å². The summed E-state index contributed by atoms with van der Waals surface area (Å²) in [5.41, 5.74) is 1.25. The van der Waals surface area contributed by atoms with Crippen molar-refractivity contribution in [3.63, 3.8) is 0 Å². The zero-order chi connectivity index (χ0) is 13.8. The topological polar surface area (TPSA) is 65.8 Å². The highest BCUT2D eigenvalue weighted by Gasteiger charge is 2.12. The normalized spacial score (nSPS) is 9.74. The van der Waals surface area contributed by atoms with E-state index in [0.717, 1.165) is 0 Å². The lowest BCUT2D eigenvalue weighted by Gasteiger charge is -2.08. The summed E-state index contributed by atoms with van der Waals surface area (Å²) in [5.74, 6) is -1.01. The van der Waals surface area contributed by atoms with E-state index in [9.17, 15) is 9.18 Å². The number of hydrogen-bond donors (Lipinski definition) is 1. The van der Waals surface area contributed by atoms with E-state index in [1.54, 1.807) is 19.1 Å². The van der Waals surface area contributed by atoms with Gasteiger partial charge in [0.15, 0.2) is 0 Å². The molecule has 0 aliphatic carbocycles. The summed E-state index contributed by atoms with van der Waals surface area (Å²) in [5, 5.41) is 11.1. The minimum Gasteiger partial charge on any atom is -0.318 e. The molecule has 0 unspecified atom stereocenters. The van der Waals surface area contributed by atoms with Crippen LogP contribution in [0, 0.1) is 24.1 Å². The molecule has 94 valence electrons. The fraction of sp³-hybridized carbons (Fsp3) is 0.0714. The van der Waals surface area contributed by atoms with E-state index in [4.69, 9.17) is 5.26 Å². The second-order valence-corrected chi connectivity index (χ2v) is 3.93. The Hall–Kier alpha value is -2.74. The van der Waals surface area contributed by atoms with Gasteiger partial charge in [0.2, 0.25) is 0 Å². The fourth-order valence-corrected chi connectivity index (χ4v) is 1.56. The van der Waals surface area contributed by atoms with Crippen LogP contribution in [0.15, 0.2) is 36.5 Å². The maximum atomic E-state index is 13.6. The number of nitrogens with zero attached hydrogens (tertiary/aromatic N) is 2. The van der Waals surface area contributed by atoms with Crippen LogP contribution in [0.4, 0.5) is 10.1 Å².